The summed E-state index contributed by atoms with van der Waals surface area (Å²) >= 11 is 0. The van der Waals surface area contributed by atoms with E-state index in [2.05, 4.69) is 12.1 Å². The van der Waals surface area contributed by atoms with Crippen molar-refractivity contribution < 1.29 is 22.8 Å². The molecule has 2 heterocycles. The van der Waals surface area contributed by atoms with Gasteiger partial charge in [-0.15, -0.1) is 0 Å². The molecule has 2 aliphatic rings. The molecular formula is C19H24F3N3O2. The summed E-state index contributed by atoms with van der Waals surface area (Å²) in [4.78, 5) is 0. The van der Waals surface area contributed by atoms with Crippen LogP contribution in [-0.4, -0.2) is 26.2 Å². The highest BCUT2D eigenvalue weighted by Gasteiger charge is 2.55. The van der Waals surface area contributed by atoms with Crippen molar-refractivity contribution in [3.8, 4) is 11.3 Å². The molecule has 27 heavy (non-hydrogen) atoms. The van der Waals surface area contributed by atoms with Gasteiger partial charge in [-0.3, -0.25) is 4.68 Å². The minimum atomic E-state index is -4.83. The predicted molar refractivity (Wildman–Crippen MR) is 92.1 cm³/mol. The Hall–Kier alpha value is -1.83. The van der Waals surface area contributed by atoms with E-state index in [0.717, 1.165) is 44.2 Å². The highest BCUT2D eigenvalue weighted by molar-refractivity contribution is 5.68. The Kier molecular flexibility index (Phi) is 4.18. The Morgan fingerprint density at radius 2 is 1.85 bits per heavy atom. The van der Waals surface area contributed by atoms with Crippen LogP contribution in [0, 0.1) is 5.92 Å². The van der Waals surface area contributed by atoms with Gasteiger partial charge in [-0.05, 0) is 50.9 Å². The van der Waals surface area contributed by atoms with E-state index >= 15 is 0 Å². The number of aliphatic hydroxyl groups is 1. The molecule has 0 bridgehead atoms. The van der Waals surface area contributed by atoms with Crippen LogP contribution in [0.5, 0.6) is 0 Å². The lowest BCUT2D eigenvalue weighted by molar-refractivity contribution is -0.261. The van der Waals surface area contributed by atoms with Crippen molar-refractivity contribution in [1.29, 1.82) is 0 Å². The maximum atomic E-state index is 13.3. The Morgan fingerprint density at radius 1 is 1.19 bits per heavy atom. The zero-order valence-corrected chi connectivity index (χ0v) is 15.7. The molecule has 0 aliphatic heterocycles. The summed E-state index contributed by atoms with van der Waals surface area (Å²) in [5.74, 6) is 0.760. The number of fused-ring (bicyclic) bond motifs is 3. The normalized spacial score (nSPS) is 27.7. The zero-order valence-electron chi connectivity index (χ0n) is 15.7. The smallest absolute Gasteiger partial charge is 0.375 e. The number of halogens is 3. The first-order valence-corrected chi connectivity index (χ1v) is 9.47. The molecule has 2 atom stereocenters. The van der Waals surface area contributed by atoms with Crippen LogP contribution in [-0.2, 0) is 12.0 Å². The number of alkyl halides is 3. The summed E-state index contributed by atoms with van der Waals surface area (Å²) < 4.78 is 47.2. The summed E-state index contributed by atoms with van der Waals surface area (Å²) in [5.41, 5.74) is -1.64. The molecule has 0 radical (unpaired) electrons. The van der Waals surface area contributed by atoms with E-state index in [1.165, 1.54) is 0 Å². The Morgan fingerprint density at radius 3 is 2.48 bits per heavy atom. The van der Waals surface area contributed by atoms with Gasteiger partial charge in [-0.25, -0.2) is 0 Å². The van der Waals surface area contributed by atoms with Crippen LogP contribution in [0.15, 0.2) is 10.7 Å². The van der Waals surface area contributed by atoms with Crippen LogP contribution in [0.2, 0.25) is 0 Å². The van der Waals surface area contributed by atoms with Crippen molar-refractivity contribution in [3.05, 3.63) is 23.1 Å². The number of aromatic nitrogens is 3. The fourth-order valence-corrected chi connectivity index (χ4v) is 4.29. The van der Waals surface area contributed by atoms with E-state index in [-0.39, 0.29) is 5.92 Å². The molecule has 8 heteroatoms. The number of hydrogen-bond acceptors (Lipinski definition) is 4. The minimum absolute atomic E-state index is 0.266. The lowest BCUT2D eigenvalue weighted by Gasteiger charge is -2.27. The third-order valence-electron chi connectivity index (χ3n) is 6.15. The average Bonchev–Trinajstić information content (AvgIpc) is 3.18. The fraction of sp³-hybridized carbons (Fsp3) is 0.684. The fourth-order valence-electron chi connectivity index (χ4n) is 4.29. The molecule has 5 nitrogen and oxygen atoms in total. The van der Waals surface area contributed by atoms with Gasteiger partial charge in [0.2, 0.25) is 5.60 Å². The second kappa shape index (κ2) is 6.09. The molecule has 4 rings (SSSR count). The third kappa shape index (κ3) is 2.88. The lowest BCUT2D eigenvalue weighted by Crippen LogP contribution is -2.40. The lowest BCUT2D eigenvalue weighted by atomic mass is 9.82. The van der Waals surface area contributed by atoms with Gasteiger partial charge in [0.1, 0.15) is 5.69 Å². The maximum absolute atomic E-state index is 13.3. The zero-order chi connectivity index (χ0) is 19.6. The van der Waals surface area contributed by atoms with Crippen LogP contribution in [0.3, 0.4) is 0 Å². The number of hydrogen-bond donors (Lipinski definition) is 1. The molecule has 0 saturated heterocycles. The Bertz CT molecular complexity index is 845. The molecule has 0 amide bonds. The molecule has 148 valence electrons. The standard InChI is InChI=1S/C19H24F3N3O2/c1-10-4-6-12(7-5-10)25-9-13-14(23-25)8-11(2)15-16(13)27-24-17(15)18(3,26)19(20,21)22/h9-12,26H,4-8H2,1-3H3/t10?,11-,12?,18+/m1/s1. The van der Waals surface area contributed by atoms with Gasteiger partial charge in [0.15, 0.2) is 5.76 Å². The van der Waals surface area contributed by atoms with Crippen LogP contribution in [0.25, 0.3) is 11.3 Å². The molecule has 1 saturated carbocycles. The van der Waals surface area contributed by atoms with Crippen LogP contribution < -0.4 is 0 Å². The molecule has 0 aromatic carbocycles. The van der Waals surface area contributed by atoms with Gasteiger partial charge in [0, 0.05) is 11.8 Å². The van der Waals surface area contributed by atoms with Crippen molar-refractivity contribution in [2.75, 3.05) is 0 Å². The number of rotatable bonds is 2. The van der Waals surface area contributed by atoms with Crippen molar-refractivity contribution in [2.24, 2.45) is 5.92 Å². The summed E-state index contributed by atoms with van der Waals surface area (Å²) in [6.45, 7) is 4.79. The summed E-state index contributed by atoms with van der Waals surface area (Å²) in [6, 6.07) is 0.311. The average molecular weight is 383 g/mol. The highest BCUT2D eigenvalue weighted by Crippen LogP contribution is 2.48. The summed E-state index contributed by atoms with van der Waals surface area (Å²) in [5, 5.41) is 18.4. The topological polar surface area (TPSA) is 64.1 Å². The first-order chi connectivity index (χ1) is 12.6. The molecule has 0 spiro atoms. The van der Waals surface area contributed by atoms with Crippen molar-refractivity contribution in [2.45, 2.75) is 76.6 Å². The van der Waals surface area contributed by atoms with Gasteiger partial charge >= 0.3 is 6.18 Å². The second-order valence-electron chi connectivity index (χ2n) is 8.33. The van der Waals surface area contributed by atoms with E-state index in [1.54, 1.807) is 0 Å². The summed E-state index contributed by atoms with van der Waals surface area (Å²) in [7, 11) is 0. The first-order valence-electron chi connectivity index (χ1n) is 9.47. The van der Waals surface area contributed by atoms with E-state index in [4.69, 9.17) is 9.62 Å². The van der Waals surface area contributed by atoms with Gasteiger partial charge in [-0.2, -0.15) is 18.3 Å². The molecule has 2 aliphatic carbocycles. The van der Waals surface area contributed by atoms with Gasteiger partial charge < -0.3 is 9.63 Å². The SMILES string of the molecule is CC1CCC(n2cc3c(n2)C[C@@H](C)c2c([C@](C)(O)C(F)(F)F)noc2-3)CC1. The Labute approximate surface area is 155 Å². The minimum Gasteiger partial charge on any atom is -0.375 e. The van der Waals surface area contributed by atoms with E-state index < -0.39 is 17.5 Å². The van der Waals surface area contributed by atoms with E-state index in [1.807, 2.05) is 17.8 Å². The quantitative estimate of drug-likeness (QED) is 0.815. The van der Waals surface area contributed by atoms with Crippen molar-refractivity contribution in [1.82, 2.24) is 14.9 Å². The van der Waals surface area contributed by atoms with Gasteiger partial charge in [0.25, 0.3) is 0 Å². The molecule has 1 N–H and O–H groups in total. The van der Waals surface area contributed by atoms with Crippen molar-refractivity contribution >= 4 is 0 Å². The van der Waals surface area contributed by atoms with E-state index in [9.17, 15) is 18.3 Å². The first kappa shape index (κ1) is 18.5. The van der Waals surface area contributed by atoms with Gasteiger partial charge in [-0.1, -0.05) is 19.0 Å². The highest BCUT2D eigenvalue weighted by atomic mass is 19.4. The van der Waals surface area contributed by atoms with Crippen LogP contribution in [0.4, 0.5) is 13.2 Å². The predicted octanol–water partition coefficient (Wildman–Crippen LogP) is 4.72. The molecule has 2 aromatic heterocycles. The third-order valence-corrected chi connectivity index (χ3v) is 6.15. The van der Waals surface area contributed by atoms with E-state index in [0.29, 0.717) is 29.3 Å². The molecule has 2 aromatic rings. The van der Waals surface area contributed by atoms with Crippen molar-refractivity contribution in [3.63, 3.8) is 0 Å². The van der Waals surface area contributed by atoms with Crippen LogP contribution >= 0.6 is 0 Å². The monoisotopic (exact) mass is 383 g/mol. The second-order valence-corrected chi connectivity index (χ2v) is 8.33. The maximum Gasteiger partial charge on any atom is 0.422 e. The van der Waals surface area contributed by atoms with Crippen LogP contribution in [0.1, 0.15) is 75.4 Å². The van der Waals surface area contributed by atoms with Gasteiger partial charge in [0.05, 0.1) is 17.3 Å². The largest absolute Gasteiger partial charge is 0.422 e. The molecule has 1 fully saturated rings. The molecule has 0 unspecified atom stereocenters. The Balaban J connectivity index is 1.73. The molecular weight excluding hydrogens is 359 g/mol. The number of nitrogens with zero attached hydrogens (tertiary/aromatic N) is 3. The summed E-state index contributed by atoms with van der Waals surface area (Å²) in [6.07, 6.45) is 1.94.